The van der Waals surface area contributed by atoms with Crippen LogP contribution in [0.2, 0.25) is 5.28 Å². The van der Waals surface area contributed by atoms with Crippen LogP contribution in [0, 0.1) is 11.6 Å². The lowest BCUT2D eigenvalue weighted by molar-refractivity contribution is 0.121. The van der Waals surface area contributed by atoms with Gasteiger partial charge in [-0.2, -0.15) is 14.4 Å². The van der Waals surface area contributed by atoms with Crippen molar-refractivity contribution in [2.45, 2.75) is 13.0 Å². The molecule has 0 aromatic carbocycles. The van der Waals surface area contributed by atoms with Gasteiger partial charge in [0.05, 0.1) is 25.6 Å². The fourth-order valence-corrected chi connectivity index (χ4v) is 2.36. The summed E-state index contributed by atoms with van der Waals surface area (Å²) in [6.45, 7) is 3.51. The first-order valence-corrected chi connectivity index (χ1v) is 7.62. The molecule has 1 aliphatic heterocycles. The van der Waals surface area contributed by atoms with Crippen LogP contribution in [-0.2, 0) is 4.74 Å². The predicted octanol–water partition coefficient (Wildman–Crippen LogP) is 2.17. The van der Waals surface area contributed by atoms with E-state index in [4.69, 9.17) is 21.1 Å². The predicted molar refractivity (Wildman–Crippen MR) is 81.1 cm³/mol. The number of halogens is 3. The van der Waals surface area contributed by atoms with Crippen LogP contribution in [0.25, 0.3) is 0 Å². The maximum atomic E-state index is 14.7. The van der Waals surface area contributed by atoms with Gasteiger partial charge in [-0.3, -0.25) is 0 Å². The minimum absolute atomic E-state index is 0.0560. The first-order chi connectivity index (χ1) is 11.5. The Bertz CT molecular complexity index is 713. The lowest BCUT2D eigenvalue weighted by Gasteiger charge is -2.28. The molecule has 0 amide bonds. The summed E-state index contributed by atoms with van der Waals surface area (Å²) in [6.07, 6.45) is 1.26. The molecular weight excluding hydrogens is 344 g/mol. The van der Waals surface area contributed by atoms with Gasteiger partial charge < -0.3 is 14.4 Å². The van der Waals surface area contributed by atoms with E-state index in [-0.39, 0.29) is 22.8 Å². The molecule has 1 saturated heterocycles. The van der Waals surface area contributed by atoms with Crippen LogP contribution in [0.3, 0.4) is 0 Å². The van der Waals surface area contributed by atoms with Gasteiger partial charge in [0.1, 0.15) is 0 Å². The fraction of sp³-hybridized carbons (Fsp3) is 0.429. The lowest BCUT2D eigenvalue weighted by Crippen LogP contribution is -2.37. The topological polar surface area (TPSA) is 73.3 Å². The van der Waals surface area contributed by atoms with Gasteiger partial charge >= 0.3 is 0 Å². The number of rotatable bonds is 4. The highest BCUT2D eigenvalue weighted by Gasteiger charge is 2.24. The van der Waals surface area contributed by atoms with Crippen molar-refractivity contribution in [3.63, 3.8) is 0 Å². The van der Waals surface area contributed by atoms with Crippen molar-refractivity contribution in [2.24, 2.45) is 0 Å². The Morgan fingerprint density at radius 1 is 1.21 bits per heavy atom. The van der Waals surface area contributed by atoms with Gasteiger partial charge in [0.2, 0.25) is 11.1 Å². The molecule has 10 heteroatoms. The smallest absolute Gasteiger partial charge is 0.257 e. The van der Waals surface area contributed by atoms with E-state index >= 15 is 0 Å². The van der Waals surface area contributed by atoms with E-state index in [0.717, 1.165) is 12.4 Å². The van der Waals surface area contributed by atoms with Crippen LogP contribution < -0.4 is 9.64 Å². The third kappa shape index (κ3) is 3.68. The van der Waals surface area contributed by atoms with Crippen molar-refractivity contribution >= 4 is 17.4 Å². The lowest BCUT2D eigenvalue weighted by atomic mass is 10.3. The van der Waals surface area contributed by atoms with E-state index < -0.39 is 17.7 Å². The van der Waals surface area contributed by atoms with Gasteiger partial charge in [-0.05, 0) is 18.5 Å². The number of ether oxygens (including phenoxy) is 2. The van der Waals surface area contributed by atoms with Crippen molar-refractivity contribution in [1.29, 1.82) is 0 Å². The number of aromatic nitrogens is 4. The van der Waals surface area contributed by atoms with Crippen molar-refractivity contribution in [1.82, 2.24) is 19.9 Å². The van der Waals surface area contributed by atoms with E-state index in [1.807, 2.05) is 0 Å². The standard InChI is InChI=1S/C14H14ClF2N5O2/c1-8(11-18-6-9(16)7-19-11)24-13-10(17)12(20-14(15)21-13)22-2-4-23-5-3-22/h6-8H,2-5H2,1H3. The Labute approximate surface area is 141 Å². The Morgan fingerprint density at radius 3 is 2.54 bits per heavy atom. The van der Waals surface area contributed by atoms with Gasteiger partial charge in [-0.15, -0.1) is 0 Å². The summed E-state index contributed by atoms with van der Waals surface area (Å²) in [5.41, 5.74) is 0. The highest BCUT2D eigenvalue weighted by atomic mass is 35.5. The largest absolute Gasteiger partial charge is 0.464 e. The summed E-state index contributed by atoms with van der Waals surface area (Å²) in [5.74, 6) is -1.36. The normalized spacial score (nSPS) is 16.1. The third-order valence-electron chi connectivity index (χ3n) is 3.38. The molecule has 3 rings (SSSR count). The van der Waals surface area contributed by atoms with Crippen molar-refractivity contribution < 1.29 is 18.3 Å². The summed E-state index contributed by atoms with van der Waals surface area (Å²) in [7, 11) is 0. The third-order valence-corrected chi connectivity index (χ3v) is 3.55. The number of anilines is 1. The first kappa shape index (κ1) is 16.7. The van der Waals surface area contributed by atoms with Crippen LogP contribution in [0.1, 0.15) is 18.9 Å². The molecule has 24 heavy (non-hydrogen) atoms. The zero-order valence-corrected chi connectivity index (χ0v) is 13.5. The van der Waals surface area contributed by atoms with Crippen LogP contribution in [-0.4, -0.2) is 46.2 Å². The quantitative estimate of drug-likeness (QED) is 0.776. The molecule has 7 nitrogen and oxygen atoms in total. The second-order valence-corrected chi connectivity index (χ2v) is 5.39. The summed E-state index contributed by atoms with van der Waals surface area (Å²) < 4.78 is 38.3. The molecule has 0 bridgehead atoms. The number of nitrogens with zero attached hydrogens (tertiary/aromatic N) is 5. The summed E-state index contributed by atoms with van der Waals surface area (Å²) in [6, 6.07) is 0. The average Bonchev–Trinajstić information content (AvgIpc) is 2.59. The van der Waals surface area contributed by atoms with Gasteiger partial charge in [-0.1, -0.05) is 0 Å². The molecule has 3 heterocycles. The van der Waals surface area contributed by atoms with Crippen LogP contribution in [0.15, 0.2) is 12.4 Å². The molecule has 1 unspecified atom stereocenters. The monoisotopic (exact) mass is 357 g/mol. The van der Waals surface area contributed by atoms with E-state index in [1.54, 1.807) is 11.8 Å². The summed E-state index contributed by atoms with van der Waals surface area (Å²) in [4.78, 5) is 17.0. The summed E-state index contributed by atoms with van der Waals surface area (Å²) >= 11 is 5.88. The molecule has 0 spiro atoms. The second kappa shape index (κ2) is 7.18. The molecular formula is C14H14ClF2N5O2. The average molecular weight is 358 g/mol. The zero-order valence-electron chi connectivity index (χ0n) is 12.7. The van der Waals surface area contributed by atoms with E-state index in [9.17, 15) is 8.78 Å². The molecule has 0 N–H and O–H groups in total. The van der Waals surface area contributed by atoms with Crippen LogP contribution in [0.5, 0.6) is 5.88 Å². The highest BCUT2D eigenvalue weighted by molar-refractivity contribution is 6.28. The molecule has 2 aromatic heterocycles. The van der Waals surface area contributed by atoms with Crippen molar-refractivity contribution in [3.8, 4) is 5.88 Å². The minimum Gasteiger partial charge on any atom is -0.464 e. The fourth-order valence-electron chi connectivity index (χ4n) is 2.21. The van der Waals surface area contributed by atoms with Crippen LogP contribution >= 0.6 is 11.6 Å². The molecule has 128 valence electrons. The van der Waals surface area contributed by atoms with Gasteiger partial charge in [0, 0.05) is 13.1 Å². The number of morpholine rings is 1. The Balaban J connectivity index is 1.84. The zero-order chi connectivity index (χ0) is 17.1. The maximum Gasteiger partial charge on any atom is 0.257 e. The highest BCUT2D eigenvalue weighted by Crippen LogP contribution is 2.29. The van der Waals surface area contributed by atoms with Crippen LogP contribution in [0.4, 0.5) is 14.6 Å². The Morgan fingerprint density at radius 2 is 1.88 bits per heavy atom. The van der Waals surface area contributed by atoms with E-state index in [0.29, 0.717) is 26.3 Å². The van der Waals surface area contributed by atoms with Gasteiger partial charge in [0.15, 0.2) is 23.6 Å². The molecule has 1 atom stereocenters. The SMILES string of the molecule is CC(Oc1nc(Cl)nc(N2CCOCC2)c1F)c1ncc(F)cn1. The first-order valence-electron chi connectivity index (χ1n) is 7.24. The number of hydrogen-bond acceptors (Lipinski definition) is 7. The molecule has 0 saturated carbocycles. The molecule has 2 aromatic rings. The van der Waals surface area contributed by atoms with Crippen molar-refractivity contribution in [2.75, 3.05) is 31.2 Å². The van der Waals surface area contributed by atoms with Gasteiger partial charge in [-0.25, -0.2) is 14.4 Å². The van der Waals surface area contributed by atoms with Crippen molar-refractivity contribution in [3.05, 3.63) is 35.1 Å². The number of hydrogen-bond donors (Lipinski definition) is 0. The molecule has 1 fully saturated rings. The minimum atomic E-state index is -0.747. The van der Waals surface area contributed by atoms with E-state index in [2.05, 4.69) is 19.9 Å². The van der Waals surface area contributed by atoms with E-state index in [1.165, 1.54) is 0 Å². The maximum absolute atomic E-state index is 14.7. The molecule has 1 aliphatic rings. The second-order valence-electron chi connectivity index (χ2n) is 5.05. The van der Waals surface area contributed by atoms with Gasteiger partial charge in [0.25, 0.3) is 5.88 Å². The summed E-state index contributed by atoms with van der Waals surface area (Å²) in [5, 5.41) is -0.139. The molecule has 0 radical (unpaired) electrons. The molecule has 0 aliphatic carbocycles. The Hall–Kier alpha value is -2.13. The Kier molecular flexibility index (Phi) is 5.00.